The summed E-state index contributed by atoms with van der Waals surface area (Å²) >= 11 is 0. The van der Waals surface area contributed by atoms with Crippen LogP contribution < -0.4 is 5.32 Å². The van der Waals surface area contributed by atoms with Crippen molar-refractivity contribution in [3.05, 3.63) is 34.9 Å². The molecule has 2 fully saturated rings. The summed E-state index contributed by atoms with van der Waals surface area (Å²) in [5.41, 5.74) is 4.07. The zero-order valence-electron chi connectivity index (χ0n) is 16.8. The number of nitrogens with zero attached hydrogens (tertiary/aromatic N) is 1. The lowest BCUT2D eigenvalue weighted by Gasteiger charge is -2.26. The SMILES string of the molecule is C#C.CC1C2N(C(=O)CNCc3ccc4c(c3)CCCC4)C(C(=O)O)C[C@]12C. The van der Waals surface area contributed by atoms with Crippen molar-refractivity contribution in [2.45, 2.75) is 64.6 Å². The van der Waals surface area contributed by atoms with Gasteiger partial charge < -0.3 is 15.3 Å². The number of terminal acetylenes is 1. The van der Waals surface area contributed by atoms with Gasteiger partial charge in [0.2, 0.25) is 5.91 Å². The number of piperidine rings is 1. The van der Waals surface area contributed by atoms with E-state index < -0.39 is 12.0 Å². The zero-order chi connectivity index (χ0) is 20.5. The van der Waals surface area contributed by atoms with Gasteiger partial charge in [-0.3, -0.25) is 4.79 Å². The van der Waals surface area contributed by atoms with Gasteiger partial charge in [-0.2, -0.15) is 0 Å². The lowest BCUT2D eigenvalue weighted by atomic mass is 9.90. The third-order valence-corrected chi connectivity index (χ3v) is 6.94. The van der Waals surface area contributed by atoms with Gasteiger partial charge in [-0.1, -0.05) is 32.0 Å². The maximum absolute atomic E-state index is 12.7. The van der Waals surface area contributed by atoms with Crippen molar-refractivity contribution >= 4 is 11.9 Å². The average Bonchev–Trinajstić information content (AvgIpc) is 3.06. The summed E-state index contributed by atoms with van der Waals surface area (Å²) in [6, 6.07) is 6.02. The van der Waals surface area contributed by atoms with Gasteiger partial charge in [0.1, 0.15) is 6.04 Å². The second kappa shape index (κ2) is 7.97. The summed E-state index contributed by atoms with van der Waals surface area (Å²) in [7, 11) is 0. The minimum absolute atomic E-state index is 0.0167. The summed E-state index contributed by atoms with van der Waals surface area (Å²) in [5, 5.41) is 12.7. The van der Waals surface area contributed by atoms with Crippen molar-refractivity contribution in [1.82, 2.24) is 10.2 Å². The lowest BCUT2D eigenvalue weighted by Crippen LogP contribution is -2.47. The zero-order valence-corrected chi connectivity index (χ0v) is 16.8. The maximum atomic E-state index is 12.7. The summed E-state index contributed by atoms with van der Waals surface area (Å²) in [4.78, 5) is 25.9. The number of carbonyl (C=O) groups is 2. The lowest BCUT2D eigenvalue weighted by molar-refractivity contribution is -0.149. The van der Waals surface area contributed by atoms with Crippen LogP contribution in [0.25, 0.3) is 0 Å². The van der Waals surface area contributed by atoms with Gasteiger partial charge in [0.15, 0.2) is 0 Å². The molecule has 3 unspecified atom stereocenters. The first-order valence-corrected chi connectivity index (χ1v) is 10.1. The Morgan fingerprint density at radius 3 is 2.61 bits per heavy atom. The Balaban J connectivity index is 0.00000109. The molecule has 0 bridgehead atoms. The predicted octanol–water partition coefficient (Wildman–Crippen LogP) is 2.61. The molecule has 5 heteroatoms. The third kappa shape index (κ3) is 3.54. The highest BCUT2D eigenvalue weighted by atomic mass is 16.4. The highest BCUT2D eigenvalue weighted by molar-refractivity contribution is 5.87. The van der Waals surface area contributed by atoms with Gasteiger partial charge in [-0.15, -0.1) is 12.8 Å². The molecule has 150 valence electrons. The fourth-order valence-electron chi connectivity index (χ4n) is 5.18. The number of likely N-dealkylation sites (tertiary alicyclic amines) is 1. The van der Waals surface area contributed by atoms with Crippen LogP contribution in [0.2, 0.25) is 0 Å². The van der Waals surface area contributed by atoms with E-state index in [1.807, 2.05) is 0 Å². The maximum Gasteiger partial charge on any atom is 0.326 e. The molecule has 0 radical (unpaired) electrons. The number of hydrogen-bond donors (Lipinski definition) is 2. The molecule has 1 aromatic carbocycles. The Labute approximate surface area is 167 Å². The molecule has 2 N–H and O–H groups in total. The van der Waals surface area contributed by atoms with E-state index in [1.54, 1.807) is 4.90 Å². The third-order valence-electron chi connectivity index (χ3n) is 6.94. The minimum atomic E-state index is -0.881. The molecule has 1 saturated heterocycles. The van der Waals surface area contributed by atoms with Crippen LogP contribution in [0.5, 0.6) is 0 Å². The van der Waals surface area contributed by atoms with Gasteiger partial charge in [0.05, 0.1) is 6.54 Å². The van der Waals surface area contributed by atoms with E-state index in [0.29, 0.717) is 18.9 Å². The number of aliphatic carboxylic acids is 1. The Morgan fingerprint density at radius 2 is 1.93 bits per heavy atom. The number of amides is 1. The van der Waals surface area contributed by atoms with Crippen LogP contribution in [0, 0.1) is 24.2 Å². The van der Waals surface area contributed by atoms with E-state index in [0.717, 1.165) is 6.42 Å². The standard InChI is InChI=1S/C21H28N2O3.C2H2/c1-13-19-21(13,2)10-17(20(25)26)23(19)18(24)12-22-11-14-7-8-15-5-3-4-6-16(15)9-14;1-2/h7-9,13,17,19,22H,3-6,10-12H2,1-2H3,(H,25,26);1-2H/t13?,17?,19?,21-;/m1./s1. The van der Waals surface area contributed by atoms with Crippen molar-refractivity contribution in [3.63, 3.8) is 0 Å². The van der Waals surface area contributed by atoms with Gasteiger partial charge >= 0.3 is 5.97 Å². The Kier molecular flexibility index (Phi) is 5.81. The normalized spacial score (nSPS) is 29.9. The molecule has 2 aliphatic carbocycles. The number of carboxylic acid groups (broad SMARTS) is 1. The molecule has 28 heavy (non-hydrogen) atoms. The molecule has 4 rings (SSSR count). The summed E-state index contributed by atoms with van der Waals surface area (Å²) in [6.45, 7) is 5.05. The van der Waals surface area contributed by atoms with E-state index in [-0.39, 0.29) is 23.9 Å². The van der Waals surface area contributed by atoms with Crippen molar-refractivity contribution in [3.8, 4) is 12.8 Å². The van der Waals surface area contributed by atoms with E-state index in [9.17, 15) is 14.7 Å². The minimum Gasteiger partial charge on any atom is -0.480 e. The van der Waals surface area contributed by atoms with Gasteiger partial charge in [-0.25, -0.2) is 4.79 Å². The first-order valence-electron chi connectivity index (χ1n) is 10.1. The van der Waals surface area contributed by atoms with Crippen LogP contribution in [0.4, 0.5) is 0 Å². The van der Waals surface area contributed by atoms with Gasteiger partial charge in [0, 0.05) is 12.6 Å². The highest BCUT2D eigenvalue weighted by Gasteiger charge is 2.70. The van der Waals surface area contributed by atoms with Crippen LogP contribution in [0.1, 0.15) is 49.8 Å². The van der Waals surface area contributed by atoms with Gasteiger partial charge in [-0.05, 0) is 60.1 Å². The molecule has 1 aliphatic heterocycles. The number of hydrogen-bond acceptors (Lipinski definition) is 3. The highest BCUT2D eigenvalue weighted by Crippen LogP contribution is 2.63. The number of carbonyl (C=O) groups excluding carboxylic acids is 1. The number of aryl methyl sites for hydroxylation is 2. The summed E-state index contributed by atoms with van der Waals surface area (Å²) < 4.78 is 0. The molecule has 1 amide bonds. The van der Waals surface area contributed by atoms with Crippen LogP contribution in [-0.4, -0.2) is 40.5 Å². The molecular weight excluding hydrogens is 352 g/mol. The monoisotopic (exact) mass is 382 g/mol. The van der Waals surface area contributed by atoms with Gasteiger partial charge in [0.25, 0.3) is 0 Å². The summed E-state index contributed by atoms with van der Waals surface area (Å²) in [6.07, 6.45) is 13.4. The van der Waals surface area contributed by atoms with Crippen molar-refractivity contribution in [2.24, 2.45) is 11.3 Å². The van der Waals surface area contributed by atoms with Crippen LogP contribution in [0.15, 0.2) is 18.2 Å². The Morgan fingerprint density at radius 1 is 1.25 bits per heavy atom. The predicted molar refractivity (Wildman–Crippen MR) is 109 cm³/mol. The van der Waals surface area contributed by atoms with Crippen LogP contribution in [-0.2, 0) is 29.0 Å². The molecule has 0 spiro atoms. The average molecular weight is 383 g/mol. The van der Waals surface area contributed by atoms with Crippen LogP contribution >= 0.6 is 0 Å². The smallest absolute Gasteiger partial charge is 0.326 e. The quantitative estimate of drug-likeness (QED) is 0.768. The van der Waals surface area contributed by atoms with Crippen LogP contribution in [0.3, 0.4) is 0 Å². The molecule has 3 aliphatic rings. The van der Waals surface area contributed by atoms with E-state index >= 15 is 0 Å². The van der Waals surface area contributed by atoms with Crippen molar-refractivity contribution < 1.29 is 14.7 Å². The van der Waals surface area contributed by atoms with E-state index in [1.165, 1.54) is 36.0 Å². The molecule has 1 saturated carbocycles. The second-order valence-electron chi connectivity index (χ2n) is 8.51. The molecular formula is C23H30N2O3. The topological polar surface area (TPSA) is 69.6 Å². The molecule has 0 aromatic heterocycles. The van der Waals surface area contributed by atoms with Crippen molar-refractivity contribution in [2.75, 3.05) is 6.54 Å². The fourth-order valence-corrected chi connectivity index (χ4v) is 5.18. The molecule has 1 heterocycles. The van der Waals surface area contributed by atoms with E-state index in [2.05, 4.69) is 50.2 Å². The number of fused-ring (bicyclic) bond motifs is 2. The number of benzene rings is 1. The summed E-state index contributed by atoms with van der Waals surface area (Å²) in [5.74, 6) is -0.579. The molecule has 4 atom stereocenters. The number of nitrogens with one attached hydrogen (secondary N) is 1. The Hall–Kier alpha value is -2.32. The molecule has 5 nitrogen and oxygen atoms in total. The fraction of sp³-hybridized carbons (Fsp3) is 0.565. The van der Waals surface area contributed by atoms with Crippen molar-refractivity contribution in [1.29, 1.82) is 0 Å². The largest absolute Gasteiger partial charge is 0.480 e. The Bertz CT molecular complexity index is 787. The first kappa shape index (κ1) is 20.4. The first-order chi connectivity index (χ1) is 13.4. The second-order valence-corrected chi connectivity index (χ2v) is 8.51. The number of rotatable bonds is 5. The molecule has 1 aromatic rings. The number of carboxylic acids is 1. The van der Waals surface area contributed by atoms with E-state index in [4.69, 9.17) is 0 Å².